The highest BCUT2D eigenvalue weighted by Crippen LogP contribution is 2.33. The Morgan fingerprint density at radius 2 is 1.76 bits per heavy atom. The number of β-amino-alcohol motifs (C(OH)–C–C–N with tert-alkyl or cyclic N) is 1. The van der Waals surface area contributed by atoms with Crippen LogP contribution >= 0.6 is 11.3 Å². The highest BCUT2D eigenvalue weighted by Gasteiger charge is 2.22. The van der Waals surface area contributed by atoms with Crippen LogP contribution in [-0.4, -0.2) is 43.3 Å². The van der Waals surface area contributed by atoms with Crippen molar-refractivity contribution in [2.24, 2.45) is 5.14 Å². The Kier molecular flexibility index (Phi) is 9.15. The largest absolute Gasteiger partial charge is 0.490 e. The van der Waals surface area contributed by atoms with E-state index in [-0.39, 0.29) is 17.0 Å². The third-order valence-corrected chi connectivity index (χ3v) is 9.21. The van der Waals surface area contributed by atoms with Gasteiger partial charge >= 0.3 is 0 Å². The monoisotopic (exact) mass is 603 g/mol. The van der Waals surface area contributed by atoms with Gasteiger partial charge in [0, 0.05) is 39.6 Å². The molecule has 1 atom stereocenters. The minimum Gasteiger partial charge on any atom is -0.490 e. The number of rotatable bonds is 13. The van der Waals surface area contributed by atoms with Crippen LogP contribution in [0.2, 0.25) is 0 Å². The quantitative estimate of drug-likeness (QED) is 0.138. The maximum Gasteiger partial charge on any atom is 0.238 e. The molecule has 3 aromatic carbocycles. The van der Waals surface area contributed by atoms with Crippen LogP contribution in [0.15, 0.2) is 95.3 Å². The number of para-hydroxylation sites is 2. The molecule has 2 aromatic heterocycles. The molecule has 0 amide bonds. The molecule has 0 aliphatic carbocycles. The minimum atomic E-state index is -3.69. The molecule has 0 radical (unpaired) electrons. The number of hydrogen-bond acceptors (Lipinski definition) is 6. The first-order valence-electron chi connectivity index (χ1n) is 14.0. The Balaban J connectivity index is 1.17. The van der Waals surface area contributed by atoms with Gasteiger partial charge in [-0.25, -0.2) is 13.6 Å². The van der Waals surface area contributed by atoms with E-state index in [1.165, 1.54) is 16.5 Å². The van der Waals surface area contributed by atoms with Gasteiger partial charge in [0.25, 0.3) is 0 Å². The number of ether oxygens (including phenoxy) is 1. The third-order valence-electron chi connectivity index (χ3n) is 7.38. The molecule has 7 nitrogen and oxygen atoms in total. The standard InChI is InChI=1S/C33H37N3O4S2/c1-33(2,36-21-26(37)22-40-30-10-4-3-8-29(30)31-11-6-18-41-31)19-25-20-35-32-24(7-5-9-28(25)32)15-12-23-13-16-27(17-14-23)42(34,38)39/h3-11,13-14,16-18,20,26,35-37H,12,15,19,21-22H2,1-2H3,(H2,34,38,39)/t26-/m0/s1. The predicted molar refractivity (Wildman–Crippen MR) is 171 cm³/mol. The second-order valence-corrected chi connectivity index (χ2v) is 13.7. The number of nitrogens with one attached hydrogen (secondary N) is 2. The van der Waals surface area contributed by atoms with Gasteiger partial charge in [-0.2, -0.15) is 0 Å². The highest BCUT2D eigenvalue weighted by atomic mass is 32.2. The average molecular weight is 604 g/mol. The number of H-pyrrole nitrogens is 1. The molecule has 5 rings (SSSR count). The summed E-state index contributed by atoms with van der Waals surface area (Å²) in [4.78, 5) is 4.73. The van der Waals surface area contributed by atoms with Crippen molar-refractivity contribution in [3.05, 3.63) is 107 Å². The summed E-state index contributed by atoms with van der Waals surface area (Å²) in [6.45, 7) is 4.89. The molecular formula is C33H37N3O4S2. The number of hydrogen-bond donors (Lipinski definition) is 4. The van der Waals surface area contributed by atoms with Crippen molar-refractivity contribution in [2.45, 2.75) is 49.6 Å². The van der Waals surface area contributed by atoms with Crippen molar-refractivity contribution in [3.8, 4) is 16.2 Å². The maximum absolute atomic E-state index is 11.5. The molecule has 5 N–H and O–H groups in total. The molecule has 220 valence electrons. The van der Waals surface area contributed by atoms with Gasteiger partial charge in [0.15, 0.2) is 0 Å². The van der Waals surface area contributed by atoms with Crippen molar-refractivity contribution in [1.82, 2.24) is 10.3 Å². The number of aromatic amines is 1. The Morgan fingerprint density at radius 3 is 2.50 bits per heavy atom. The van der Waals surface area contributed by atoms with Gasteiger partial charge in [0.1, 0.15) is 18.5 Å². The van der Waals surface area contributed by atoms with E-state index in [0.717, 1.165) is 46.5 Å². The molecule has 9 heteroatoms. The lowest BCUT2D eigenvalue weighted by molar-refractivity contribution is 0.0991. The fraction of sp³-hybridized carbons (Fsp3) is 0.273. The molecule has 0 aliphatic heterocycles. The Hall–Kier alpha value is -3.47. The van der Waals surface area contributed by atoms with Crippen molar-refractivity contribution < 1.29 is 18.3 Å². The van der Waals surface area contributed by atoms with Crippen LogP contribution in [0, 0.1) is 0 Å². The molecule has 0 fully saturated rings. The lowest BCUT2D eigenvalue weighted by Crippen LogP contribution is -2.46. The number of thiophene rings is 1. The zero-order chi connectivity index (χ0) is 29.7. The van der Waals surface area contributed by atoms with E-state index in [2.05, 4.69) is 54.6 Å². The first-order chi connectivity index (χ1) is 20.1. The molecule has 0 spiro atoms. The highest BCUT2D eigenvalue weighted by molar-refractivity contribution is 7.89. The van der Waals surface area contributed by atoms with Crippen LogP contribution in [0.25, 0.3) is 21.3 Å². The Labute approximate surface area is 251 Å². The van der Waals surface area contributed by atoms with Crippen molar-refractivity contribution >= 4 is 32.3 Å². The topological polar surface area (TPSA) is 117 Å². The summed E-state index contributed by atoms with van der Waals surface area (Å²) in [7, 11) is -3.69. The molecule has 0 saturated heterocycles. The normalized spacial score (nSPS) is 13.0. The van der Waals surface area contributed by atoms with Gasteiger partial charge < -0.3 is 20.1 Å². The number of primary sulfonamides is 1. The van der Waals surface area contributed by atoms with Gasteiger partial charge in [-0.1, -0.05) is 48.5 Å². The molecule has 42 heavy (non-hydrogen) atoms. The van der Waals surface area contributed by atoms with E-state index >= 15 is 0 Å². The van der Waals surface area contributed by atoms with Gasteiger partial charge in [0.05, 0.1) is 4.90 Å². The van der Waals surface area contributed by atoms with Crippen molar-refractivity contribution in [2.75, 3.05) is 13.2 Å². The van der Waals surface area contributed by atoms with Crippen molar-refractivity contribution in [1.29, 1.82) is 0 Å². The van der Waals surface area contributed by atoms with Crippen LogP contribution in [0.3, 0.4) is 0 Å². The van der Waals surface area contributed by atoms with Crippen LogP contribution in [0.5, 0.6) is 5.75 Å². The molecule has 5 aromatic rings. The smallest absolute Gasteiger partial charge is 0.238 e. The number of aliphatic hydroxyl groups excluding tert-OH is 1. The molecule has 0 unspecified atom stereocenters. The van der Waals surface area contributed by atoms with Crippen LogP contribution in [0.1, 0.15) is 30.5 Å². The lowest BCUT2D eigenvalue weighted by Gasteiger charge is -2.28. The zero-order valence-corrected chi connectivity index (χ0v) is 25.5. The number of aromatic nitrogens is 1. The number of aliphatic hydroxyl groups is 1. The number of sulfonamides is 1. The summed E-state index contributed by atoms with van der Waals surface area (Å²) in [5, 5.41) is 22.7. The summed E-state index contributed by atoms with van der Waals surface area (Å²) < 4.78 is 29.1. The third kappa shape index (κ3) is 7.48. The molecule has 0 saturated carbocycles. The molecule has 0 bridgehead atoms. The van der Waals surface area contributed by atoms with E-state index < -0.39 is 16.1 Å². The first kappa shape index (κ1) is 30.0. The van der Waals surface area contributed by atoms with Gasteiger partial charge in [0.2, 0.25) is 10.0 Å². The summed E-state index contributed by atoms with van der Waals surface area (Å²) in [6, 6.07) is 25.1. The number of fused-ring (bicyclic) bond motifs is 1. The lowest BCUT2D eigenvalue weighted by atomic mass is 9.93. The first-order valence-corrected chi connectivity index (χ1v) is 16.4. The predicted octanol–water partition coefficient (Wildman–Crippen LogP) is 5.68. The van der Waals surface area contributed by atoms with Gasteiger partial charge in [-0.15, -0.1) is 11.3 Å². The van der Waals surface area contributed by atoms with E-state index in [9.17, 15) is 13.5 Å². The van der Waals surface area contributed by atoms with Crippen LogP contribution in [0.4, 0.5) is 0 Å². The molecule has 0 aliphatic rings. The average Bonchev–Trinajstić information content (AvgIpc) is 3.65. The second-order valence-electron chi connectivity index (χ2n) is 11.2. The second kappa shape index (κ2) is 12.8. The molecule has 2 heterocycles. The summed E-state index contributed by atoms with van der Waals surface area (Å²) in [5.74, 6) is 0.772. The van der Waals surface area contributed by atoms with Crippen LogP contribution < -0.4 is 15.2 Å². The van der Waals surface area contributed by atoms with E-state index in [1.807, 2.05) is 47.8 Å². The molecular weight excluding hydrogens is 567 g/mol. The number of nitrogens with two attached hydrogens (primary N) is 1. The van der Waals surface area contributed by atoms with Crippen LogP contribution in [-0.2, 0) is 29.3 Å². The minimum absolute atomic E-state index is 0.123. The zero-order valence-electron chi connectivity index (χ0n) is 23.8. The van der Waals surface area contributed by atoms with Gasteiger partial charge in [-0.3, -0.25) is 0 Å². The maximum atomic E-state index is 11.5. The number of benzene rings is 3. The summed E-state index contributed by atoms with van der Waals surface area (Å²) in [5.41, 5.74) is 5.35. The van der Waals surface area contributed by atoms with Crippen molar-refractivity contribution in [3.63, 3.8) is 0 Å². The van der Waals surface area contributed by atoms with E-state index in [1.54, 1.807) is 23.5 Å². The van der Waals surface area contributed by atoms with E-state index in [0.29, 0.717) is 6.54 Å². The Morgan fingerprint density at radius 1 is 0.976 bits per heavy atom. The Bertz CT molecular complexity index is 1730. The number of aryl methyl sites for hydroxylation is 2. The SMILES string of the molecule is CC(C)(Cc1c[nH]c2c(CCc3ccc(S(N)(=O)=O)cc3)cccc12)NC[C@H](O)COc1ccccc1-c1cccs1. The summed E-state index contributed by atoms with van der Waals surface area (Å²) >= 11 is 1.66. The fourth-order valence-corrected chi connectivity index (χ4v) is 6.43. The van der Waals surface area contributed by atoms with Gasteiger partial charge in [-0.05, 0) is 85.5 Å². The van der Waals surface area contributed by atoms with E-state index in [4.69, 9.17) is 9.88 Å². The fourth-order valence-electron chi connectivity index (χ4n) is 5.16. The summed E-state index contributed by atoms with van der Waals surface area (Å²) in [6.07, 6.45) is 3.78.